The van der Waals surface area contributed by atoms with E-state index >= 15 is 0 Å². The molecule has 1 aliphatic rings. The van der Waals surface area contributed by atoms with Gasteiger partial charge in [-0.05, 0) is 36.3 Å². The second kappa shape index (κ2) is 6.97. The maximum Gasteiger partial charge on any atom is 0.108 e. The topological polar surface area (TPSA) is 15.3 Å². The van der Waals surface area contributed by atoms with Gasteiger partial charge in [0.1, 0.15) is 4.99 Å². The van der Waals surface area contributed by atoms with Gasteiger partial charge in [-0.3, -0.25) is 0 Å². The number of nitrogens with zero attached hydrogens (tertiary/aromatic N) is 1. The molecule has 0 aromatic heterocycles. The summed E-state index contributed by atoms with van der Waals surface area (Å²) in [5, 5.41) is 3.52. The van der Waals surface area contributed by atoms with Crippen LogP contribution in [0.1, 0.15) is 20.3 Å². The highest BCUT2D eigenvalue weighted by Crippen LogP contribution is 2.30. The van der Waals surface area contributed by atoms with Crippen molar-refractivity contribution in [1.82, 2.24) is 0 Å². The summed E-state index contributed by atoms with van der Waals surface area (Å²) in [5.41, 5.74) is 3.47. The molecule has 0 amide bonds. The van der Waals surface area contributed by atoms with Crippen LogP contribution >= 0.6 is 12.2 Å². The van der Waals surface area contributed by atoms with Gasteiger partial charge < -0.3 is 10.2 Å². The first kappa shape index (κ1) is 15.8. The van der Waals surface area contributed by atoms with E-state index in [1.807, 2.05) is 24.3 Å². The van der Waals surface area contributed by atoms with E-state index in [-0.39, 0.29) is 0 Å². The van der Waals surface area contributed by atoms with Crippen molar-refractivity contribution in [3.05, 3.63) is 72.4 Å². The Bertz CT molecular complexity index is 692. The van der Waals surface area contributed by atoms with E-state index in [0.717, 1.165) is 17.1 Å². The molecular weight excluding hydrogens is 300 g/mol. The summed E-state index contributed by atoms with van der Waals surface area (Å²) in [7, 11) is 0. The first-order valence-corrected chi connectivity index (χ1v) is 8.47. The minimum absolute atomic E-state index is 0.362. The molecule has 0 bridgehead atoms. The van der Waals surface area contributed by atoms with Crippen molar-refractivity contribution in [3.8, 4) is 0 Å². The molecule has 118 valence electrons. The van der Waals surface area contributed by atoms with Gasteiger partial charge in [0.05, 0.1) is 0 Å². The average molecular weight is 322 g/mol. The zero-order valence-corrected chi connectivity index (χ0v) is 14.4. The van der Waals surface area contributed by atoms with Crippen molar-refractivity contribution in [3.63, 3.8) is 0 Å². The molecule has 3 heteroatoms. The molecular formula is C20H22N2S. The van der Waals surface area contributed by atoms with Crippen molar-refractivity contribution in [2.45, 2.75) is 26.3 Å². The molecule has 0 saturated carbocycles. The lowest BCUT2D eigenvalue weighted by Gasteiger charge is -2.39. The van der Waals surface area contributed by atoms with Crippen LogP contribution in [0.5, 0.6) is 0 Å². The maximum atomic E-state index is 5.71. The molecule has 2 aromatic rings. The molecule has 1 aliphatic heterocycles. The molecule has 1 unspecified atom stereocenters. The lowest BCUT2D eigenvalue weighted by Crippen LogP contribution is -2.45. The smallest absolute Gasteiger partial charge is 0.108 e. The summed E-state index contributed by atoms with van der Waals surface area (Å²) in [4.78, 5) is 3.16. The molecule has 0 spiro atoms. The molecule has 3 rings (SSSR count). The van der Waals surface area contributed by atoms with Crippen LogP contribution in [0, 0.1) is 5.92 Å². The van der Waals surface area contributed by atoms with Crippen LogP contribution < -0.4 is 10.2 Å². The molecule has 2 nitrogen and oxygen atoms in total. The number of benzene rings is 2. The SMILES string of the molecule is CC(C)C1CC(Nc2ccccc2)=CC(=S)N1c1ccccc1. The number of para-hydroxylation sites is 2. The third kappa shape index (κ3) is 3.62. The van der Waals surface area contributed by atoms with Gasteiger partial charge in [0.15, 0.2) is 0 Å². The van der Waals surface area contributed by atoms with Gasteiger partial charge in [0.2, 0.25) is 0 Å². The minimum Gasteiger partial charge on any atom is -0.359 e. The Labute approximate surface area is 143 Å². The first-order valence-electron chi connectivity index (χ1n) is 8.06. The van der Waals surface area contributed by atoms with E-state index in [1.165, 1.54) is 11.4 Å². The van der Waals surface area contributed by atoms with Gasteiger partial charge in [0.25, 0.3) is 0 Å². The highest BCUT2D eigenvalue weighted by atomic mass is 32.1. The van der Waals surface area contributed by atoms with E-state index in [4.69, 9.17) is 12.2 Å². The van der Waals surface area contributed by atoms with Crippen molar-refractivity contribution >= 4 is 28.6 Å². The fourth-order valence-electron chi connectivity index (χ4n) is 2.99. The number of nitrogens with one attached hydrogen (secondary N) is 1. The standard InChI is InChI=1S/C20H22N2S/c1-15(2)19-13-17(21-16-9-5-3-6-10-16)14-20(23)22(19)18-11-7-4-8-12-18/h3-12,14-15,19,21H,13H2,1-2H3. The molecule has 23 heavy (non-hydrogen) atoms. The Kier molecular flexibility index (Phi) is 4.77. The van der Waals surface area contributed by atoms with Gasteiger partial charge in [-0.25, -0.2) is 0 Å². The number of hydrogen-bond acceptors (Lipinski definition) is 2. The molecule has 0 saturated heterocycles. The van der Waals surface area contributed by atoms with Crippen LogP contribution in [0.4, 0.5) is 11.4 Å². The van der Waals surface area contributed by atoms with Crippen molar-refractivity contribution in [1.29, 1.82) is 0 Å². The van der Waals surface area contributed by atoms with E-state index in [1.54, 1.807) is 0 Å². The third-order valence-corrected chi connectivity index (χ3v) is 4.49. The zero-order chi connectivity index (χ0) is 16.2. The summed E-state index contributed by atoms with van der Waals surface area (Å²) >= 11 is 5.71. The van der Waals surface area contributed by atoms with Crippen molar-refractivity contribution in [2.24, 2.45) is 5.92 Å². The quantitative estimate of drug-likeness (QED) is 0.774. The van der Waals surface area contributed by atoms with E-state index in [9.17, 15) is 0 Å². The monoisotopic (exact) mass is 322 g/mol. The van der Waals surface area contributed by atoms with Gasteiger partial charge >= 0.3 is 0 Å². The van der Waals surface area contributed by atoms with Gasteiger partial charge in [-0.15, -0.1) is 0 Å². The summed E-state index contributed by atoms with van der Waals surface area (Å²) in [5.74, 6) is 0.509. The second-order valence-electron chi connectivity index (χ2n) is 6.22. The molecule has 1 heterocycles. The van der Waals surface area contributed by atoms with E-state index in [0.29, 0.717) is 12.0 Å². The van der Waals surface area contributed by atoms with E-state index < -0.39 is 0 Å². The number of thiocarbonyl (C=S) groups is 1. The Morgan fingerprint density at radius 2 is 1.61 bits per heavy atom. The Morgan fingerprint density at radius 1 is 1.00 bits per heavy atom. The zero-order valence-electron chi connectivity index (χ0n) is 13.6. The number of anilines is 2. The van der Waals surface area contributed by atoms with Crippen molar-refractivity contribution < 1.29 is 0 Å². The summed E-state index contributed by atoms with van der Waals surface area (Å²) < 4.78 is 0. The van der Waals surface area contributed by atoms with E-state index in [2.05, 4.69) is 66.5 Å². The highest BCUT2D eigenvalue weighted by molar-refractivity contribution is 7.81. The molecule has 2 aromatic carbocycles. The highest BCUT2D eigenvalue weighted by Gasteiger charge is 2.29. The minimum atomic E-state index is 0.362. The lowest BCUT2D eigenvalue weighted by atomic mass is 9.93. The van der Waals surface area contributed by atoms with Crippen LogP contribution in [-0.4, -0.2) is 11.0 Å². The largest absolute Gasteiger partial charge is 0.359 e. The number of rotatable bonds is 4. The molecule has 1 atom stereocenters. The van der Waals surface area contributed by atoms with Crippen LogP contribution in [0.25, 0.3) is 0 Å². The molecule has 1 N–H and O–H groups in total. The van der Waals surface area contributed by atoms with Crippen LogP contribution in [0.2, 0.25) is 0 Å². The number of hydrogen-bond donors (Lipinski definition) is 1. The maximum absolute atomic E-state index is 5.71. The fourth-order valence-corrected chi connectivity index (χ4v) is 3.38. The molecule has 0 fully saturated rings. The Morgan fingerprint density at radius 3 is 2.22 bits per heavy atom. The summed E-state index contributed by atoms with van der Waals surface area (Å²) in [6.07, 6.45) is 3.05. The first-order chi connectivity index (χ1) is 11.1. The average Bonchev–Trinajstić information content (AvgIpc) is 2.56. The normalized spacial score (nSPS) is 18.0. The Balaban J connectivity index is 1.88. The fraction of sp³-hybridized carbons (Fsp3) is 0.250. The van der Waals surface area contributed by atoms with Gasteiger partial charge in [-0.1, -0.05) is 62.5 Å². The van der Waals surface area contributed by atoms with Crippen LogP contribution in [0.3, 0.4) is 0 Å². The lowest BCUT2D eigenvalue weighted by molar-refractivity contribution is 0.484. The summed E-state index contributed by atoms with van der Waals surface area (Å²) in [6.45, 7) is 4.52. The van der Waals surface area contributed by atoms with Crippen LogP contribution in [0.15, 0.2) is 72.4 Å². The van der Waals surface area contributed by atoms with Crippen molar-refractivity contribution in [2.75, 3.05) is 10.2 Å². The summed E-state index contributed by atoms with van der Waals surface area (Å²) in [6, 6.07) is 21.1. The molecule has 0 aliphatic carbocycles. The van der Waals surface area contributed by atoms with Gasteiger partial charge in [0, 0.05) is 29.5 Å². The third-order valence-electron chi connectivity index (χ3n) is 4.18. The van der Waals surface area contributed by atoms with Gasteiger partial charge in [-0.2, -0.15) is 0 Å². The van der Waals surface area contributed by atoms with Crippen LogP contribution in [-0.2, 0) is 0 Å². The predicted molar refractivity (Wildman–Crippen MR) is 103 cm³/mol. The second-order valence-corrected chi connectivity index (χ2v) is 6.64. The predicted octanol–water partition coefficient (Wildman–Crippen LogP) is 5.24. The Hall–Kier alpha value is -2.13. The molecule has 0 radical (unpaired) electrons.